The topological polar surface area (TPSA) is 66.4 Å². The van der Waals surface area contributed by atoms with E-state index < -0.39 is 11.9 Å². The van der Waals surface area contributed by atoms with E-state index in [1.807, 2.05) is 44.2 Å². The Balaban J connectivity index is 2.05. The molecule has 2 aromatic carbocycles. The van der Waals surface area contributed by atoms with Gasteiger partial charge in [0.1, 0.15) is 0 Å². The van der Waals surface area contributed by atoms with Crippen LogP contribution in [0.5, 0.6) is 0 Å². The first-order valence-corrected chi connectivity index (χ1v) is 8.08. The minimum Gasteiger partial charge on any atom is -0.481 e. The van der Waals surface area contributed by atoms with Crippen LogP contribution in [0.15, 0.2) is 42.5 Å². The molecule has 0 heterocycles. The number of carboxylic acids is 1. The van der Waals surface area contributed by atoms with Crippen molar-refractivity contribution >= 4 is 23.5 Å². The molecule has 0 aliphatic carbocycles. The van der Waals surface area contributed by atoms with E-state index in [1.165, 1.54) is 0 Å². The molecule has 0 aromatic heterocycles. The zero-order valence-electron chi connectivity index (χ0n) is 13.7. The molecule has 0 aliphatic rings. The Hall–Kier alpha value is -2.33. The molecule has 0 aliphatic heterocycles. The average molecular weight is 346 g/mol. The second-order valence-electron chi connectivity index (χ2n) is 5.87. The Labute approximate surface area is 146 Å². The number of hydrogen-bond donors (Lipinski definition) is 2. The van der Waals surface area contributed by atoms with Gasteiger partial charge in [-0.1, -0.05) is 53.6 Å². The summed E-state index contributed by atoms with van der Waals surface area (Å²) in [6.45, 7) is 3.82. The summed E-state index contributed by atoms with van der Waals surface area (Å²) in [5.74, 6) is -1.99. The van der Waals surface area contributed by atoms with Crippen LogP contribution in [0.4, 0.5) is 0 Å². The van der Waals surface area contributed by atoms with Gasteiger partial charge in [0.2, 0.25) is 0 Å². The lowest BCUT2D eigenvalue weighted by Gasteiger charge is -2.15. The van der Waals surface area contributed by atoms with Crippen LogP contribution >= 0.6 is 11.6 Å². The van der Waals surface area contributed by atoms with Crippen LogP contribution in [0.25, 0.3) is 0 Å². The van der Waals surface area contributed by atoms with Gasteiger partial charge in [0.05, 0.1) is 16.5 Å². The van der Waals surface area contributed by atoms with Gasteiger partial charge < -0.3 is 10.4 Å². The quantitative estimate of drug-likeness (QED) is 0.840. The minimum absolute atomic E-state index is 0.0480. The van der Waals surface area contributed by atoms with E-state index in [9.17, 15) is 14.7 Å². The molecule has 0 radical (unpaired) electrons. The highest BCUT2D eigenvalue weighted by Gasteiger charge is 2.20. The number of carbonyl (C=O) groups excluding carboxylic acids is 1. The Kier molecular flexibility index (Phi) is 5.99. The van der Waals surface area contributed by atoms with Crippen LogP contribution in [0.2, 0.25) is 5.02 Å². The first-order valence-electron chi connectivity index (χ1n) is 7.70. The highest BCUT2D eigenvalue weighted by molar-refractivity contribution is 6.34. The van der Waals surface area contributed by atoms with Gasteiger partial charge in [0.15, 0.2) is 0 Å². The second kappa shape index (κ2) is 7.97. The first kappa shape index (κ1) is 18.0. The minimum atomic E-state index is -0.938. The molecule has 0 saturated carbocycles. The molecular formula is C19H20ClNO3. The molecule has 0 saturated heterocycles. The van der Waals surface area contributed by atoms with Crippen LogP contribution < -0.4 is 5.32 Å². The molecule has 1 unspecified atom stereocenters. The second-order valence-corrected chi connectivity index (χ2v) is 6.25. The molecule has 0 bridgehead atoms. The van der Waals surface area contributed by atoms with E-state index in [1.54, 1.807) is 12.1 Å². The van der Waals surface area contributed by atoms with Crippen molar-refractivity contribution < 1.29 is 14.7 Å². The Morgan fingerprint density at radius 3 is 2.54 bits per heavy atom. The number of hydrogen-bond acceptors (Lipinski definition) is 2. The van der Waals surface area contributed by atoms with E-state index in [0.29, 0.717) is 17.0 Å². The Morgan fingerprint density at radius 1 is 1.17 bits per heavy atom. The SMILES string of the molecule is Cc1cccc(CC(CNC(=O)c2cccc(C)c2Cl)C(=O)O)c1. The normalized spacial score (nSPS) is 11.8. The molecule has 0 spiro atoms. The van der Waals surface area contributed by atoms with E-state index in [4.69, 9.17) is 11.6 Å². The fourth-order valence-corrected chi connectivity index (χ4v) is 2.72. The third kappa shape index (κ3) is 4.59. The van der Waals surface area contributed by atoms with E-state index in [0.717, 1.165) is 16.7 Å². The predicted octanol–water partition coefficient (Wildman–Crippen LogP) is 3.63. The number of aryl methyl sites for hydroxylation is 2. The molecule has 126 valence electrons. The van der Waals surface area contributed by atoms with Crippen molar-refractivity contribution in [1.82, 2.24) is 5.32 Å². The maximum absolute atomic E-state index is 12.3. The third-order valence-corrected chi connectivity index (χ3v) is 4.36. The van der Waals surface area contributed by atoms with E-state index in [2.05, 4.69) is 5.32 Å². The molecule has 0 fully saturated rings. The van der Waals surface area contributed by atoms with Crippen molar-refractivity contribution in [1.29, 1.82) is 0 Å². The molecule has 2 N–H and O–H groups in total. The van der Waals surface area contributed by atoms with E-state index in [-0.39, 0.29) is 12.5 Å². The summed E-state index contributed by atoms with van der Waals surface area (Å²) >= 11 is 6.14. The van der Waals surface area contributed by atoms with Crippen LogP contribution in [-0.4, -0.2) is 23.5 Å². The summed E-state index contributed by atoms with van der Waals surface area (Å²) < 4.78 is 0. The number of nitrogens with one attached hydrogen (secondary N) is 1. The third-order valence-electron chi connectivity index (χ3n) is 3.86. The maximum Gasteiger partial charge on any atom is 0.308 e. The lowest BCUT2D eigenvalue weighted by Crippen LogP contribution is -2.34. The lowest BCUT2D eigenvalue weighted by molar-refractivity contribution is -0.141. The molecule has 5 heteroatoms. The van der Waals surface area contributed by atoms with Crippen molar-refractivity contribution in [2.45, 2.75) is 20.3 Å². The molecule has 2 rings (SSSR count). The lowest BCUT2D eigenvalue weighted by atomic mass is 9.98. The predicted molar refractivity (Wildman–Crippen MR) is 94.5 cm³/mol. The largest absolute Gasteiger partial charge is 0.481 e. The zero-order valence-corrected chi connectivity index (χ0v) is 14.4. The summed E-state index contributed by atoms with van der Waals surface area (Å²) in [5, 5.41) is 12.5. The molecular weight excluding hydrogens is 326 g/mol. The van der Waals surface area contributed by atoms with Gasteiger partial charge in [-0.05, 0) is 37.5 Å². The van der Waals surface area contributed by atoms with Crippen molar-refractivity contribution in [3.05, 3.63) is 69.7 Å². The van der Waals surface area contributed by atoms with Crippen molar-refractivity contribution in [3.8, 4) is 0 Å². The summed E-state index contributed by atoms with van der Waals surface area (Å²) in [5.41, 5.74) is 3.17. The number of carbonyl (C=O) groups is 2. The standard InChI is InChI=1S/C19H20ClNO3/c1-12-5-3-7-14(9-12)10-15(19(23)24)11-21-18(22)16-8-4-6-13(2)17(16)20/h3-9,15H,10-11H2,1-2H3,(H,21,22)(H,23,24). The molecule has 1 amide bonds. The molecule has 1 atom stereocenters. The Morgan fingerprint density at radius 2 is 1.88 bits per heavy atom. The van der Waals surface area contributed by atoms with Crippen LogP contribution in [0, 0.1) is 19.8 Å². The number of benzene rings is 2. The van der Waals surface area contributed by atoms with Gasteiger partial charge in [-0.3, -0.25) is 9.59 Å². The first-order chi connectivity index (χ1) is 11.4. The van der Waals surface area contributed by atoms with Gasteiger partial charge in [-0.15, -0.1) is 0 Å². The zero-order chi connectivity index (χ0) is 17.7. The number of halogens is 1. The fraction of sp³-hybridized carbons (Fsp3) is 0.263. The molecule has 2 aromatic rings. The fourth-order valence-electron chi connectivity index (χ4n) is 2.50. The van der Waals surface area contributed by atoms with Crippen molar-refractivity contribution in [2.75, 3.05) is 6.54 Å². The monoisotopic (exact) mass is 345 g/mol. The van der Waals surface area contributed by atoms with Gasteiger partial charge in [0, 0.05) is 6.54 Å². The highest BCUT2D eigenvalue weighted by Crippen LogP contribution is 2.20. The highest BCUT2D eigenvalue weighted by atomic mass is 35.5. The van der Waals surface area contributed by atoms with Crippen molar-refractivity contribution in [3.63, 3.8) is 0 Å². The summed E-state index contributed by atoms with van der Waals surface area (Å²) in [6.07, 6.45) is 0.360. The van der Waals surface area contributed by atoms with Gasteiger partial charge >= 0.3 is 5.97 Å². The summed E-state index contributed by atoms with van der Waals surface area (Å²) in [7, 11) is 0. The maximum atomic E-state index is 12.3. The molecule has 24 heavy (non-hydrogen) atoms. The van der Waals surface area contributed by atoms with Crippen LogP contribution in [0.3, 0.4) is 0 Å². The summed E-state index contributed by atoms with van der Waals surface area (Å²) in [4.78, 5) is 23.7. The number of carboxylic acid groups (broad SMARTS) is 1. The van der Waals surface area contributed by atoms with E-state index >= 15 is 0 Å². The number of amides is 1. The summed E-state index contributed by atoms with van der Waals surface area (Å²) in [6, 6.07) is 12.9. The van der Waals surface area contributed by atoms with Crippen molar-refractivity contribution in [2.24, 2.45) is 5.92 Å². The van der Waals surface area contributed by atoms with Crippen LogP contribution in [-0.2, 0) is 11.2 Å². The number of aliphatic carboxylic acids is 1. The average Bonchev–Trinajstić information content (AvgIpc) is 2.53. The van der Waals surface area contributed by atoms with Crippen LogP contribution in [0.1, 0.15) is 27.0 Å². The number of rotatable bonds is 6. The van der Waals surface area contributed by atoms with Gasteiger partial charge in [-0.25, -0.2) is 0 Å². The van der Waals surface area contributed by atoms with Gasteiger partial charge in [0.25, 0.3) is 5.91 Å². The molecule has 4 nitrogen and oxygen atoms in total. The Bertz CT molecular complexity index is 758. The smallest absolute Gasteiger partial charge is 0.308 e. The van der Waals surface area contributed by atoms with Gasteiger partial charge in [-0.2, -0.15) is 0 Å².